The minimum absolute atomic E-state index is 0.236. The van der Waals surface area contributed by atoms with Crippen LogP contribution in [0.1, 0.15) is 44.2 Å². The highest BCUT2D eigenvalue weighted by Gasteiger charge is 2.42. The Labute approximate surface area is 186 Å². The van der Waals surface area contributed by atoms with Gasteiger partial charge in [0.2, 0.25) is 5.91 Å². The molecule has 2 saturated heterocycles. The van der Waals surface area contributed by atoms with E-state index in [0.29, 0.717) is 12.3 Å². The smallest absolute Gasteiger partial charge is 0.227 e. The van der Waals surface area contributed by atoms with Gasteiger partial charge in [-0.25, -0.2) is 0 Å². The van der Waals surface area contributed by atoms with Crippen LogP contribution >= 0.6 is 0 Å². The first-order valence-electron chi connectivity index (χ1n) is 11.6. The Kier molecular flexibility index (Phi) is 6.91. The molecule has 2 aliphatic rings. The van der Waals surface area contributed by atoms with E-state index in [0.717, 1.165) is 57.1 Å². The highest BCUT2D eigenvalue weighted by Crippen LogP contribution is 2.40. The second-order valence-corrected chi connectivity index (χ2v) is 9.72. The fourth-order valence-electron chi connectivity index (χ4n) is 4.98. The van der Waals surface area contributed by atoms with Crippen LogP contribution < -0.4 is 4.74 Å². The van der Waals surface area contributed by atoms with Crippen molar-refractivity contribution in [1.29, 1.82) is 0 Å². The molecule has 0 radical (unpaired) electrons. The van der Waals surface area contributed by atoms with Crippen molar-refractivity contribution >= 4 is 5.91 Å². The zero-order valence-corrected chi connectivity index (χ0v) is 18.9. The van der Waals surface area contributed by atoms with E-state index in [1.807, 2.05) is 12.1 Å². The molecule has 0 bridgehead atoms. The normalized spacial score (nSPS) is 21.7. The van der Waals surface area contributed by atoms with Gasteiger partial charge in [0.05, 0.1) is 13.0 Å². The Morgan fingerprint density at radius 1 is 1.10 bits per heavy atom. The lowest BCUT2D eigenvalue weighted by Crippen LogP contribution is -2.47. The van der Waals surface area contributed by atoms with Gasteiger partial charge in [0, 0.05) is 49.6 Å². The van der Waals surface area contributed by atoms with Gasteiger partial charge in [0.15, 0.2) is 0 Å². The average Bonchev–Trinajstić information content (AvgIpc) is 3.15. The van der Waals surface area contributed by atoms with E-state index in [4.69, 9.17) is 4.74 Å². The third kappa shape index (κ3) is 5.65. The predicted octanol–water partition coefficient (Wildman–Crippen LogP) is 4.17. The second-order valence-electron chi connectivity index (χ2n) is 9.72. The van der Waals surface area contributed by atoms with Crippen LogP contribution in [0.4, 0.5) is 0 Å². The lowest BCUT2D eigenvalue weighted by molar-refractivity contribution is -0.133. The number of carbonyl (C=O) groups is 1. The lowest BCUT2D eigenvalue weighted by Gasteiger charge is -2.40. The lowest BCUT2D eigenvalue weighted by atomic mass is 9.79. The van der Waals surface area contributed by atoms with Crippen molar-refractivity contribution in [2.75, 3.05) is 32.8 Å². The maximum Gasteiger partial charge on any atom is 0.227 e. The topological polar surface area (TPSA) is 45.7 Å². The van der Waals surface area contributed by atoms with Gasteiger partial charge in [-0.3, -0.25) is 14.7 Å². The number of likely N-dealkylation sites (tertiary alicyclic amines) is 2. The van der Waals surface area contributed by atoms with E-state index >= 15 is 0 Å². The molecule has 4 rings (SSSR count). The van der Waals surface area contributed by atoms with Gasteiger partial charge < -0.3 is 9.64 Å². The first-order valence-corrected chi connectivity index (χ1v) is 11.6. The summed E-state index contributed by atoms with van der Waals surface area (Å²) in [4.78, 5) is 21.6. The molecule has 2 aromatic rings. The third-order valence-corrected chi connectivity index (χ3v) is 6.57. The molecule has 1 aromatic heterocycles. The molecule has 1 unspecified atom stereocenters. The van der Waals surface area contributed by atoms with Crippen molar-refractivity contribution < 1.29 is 9.53 Å². The van der Waals surface area contributed by atoms with Crippen LogP contribution in [-0.4, -0.2) is 53.5 Å². The maximum atomic E-state index is 12.9. The van der Waals surface area contributed by atoms with E-state index in [9.17, 15) is 4.79 Å². The molecule has 5 heteroatoms. The minimum Gasteiger partial charge on any atom is -0.493 e. The van der Waals surface area contributed by atoms with Gasteiger partial charge in [-0.15, -0.1) is 0 Å². The van der Waals surface area contributed by atoms with E-state index in [1.165, 1.54) is 18.4 Å². The molecule has 0 aliphatic carbocycles. The van der Waals surface area contributed by atoms with Gasteiger partial charge in [-0.05, 0) is 55.5 Å². The first-order chi connectivity index (χ1) is 15.0. The molecule has 31 heavy (non-hydrogen) atoms. The number of hydrogen-bond donors (Lipinski definition) is 0. The number of pyridine rings is 1. The van der Waals surface area contributed by atoms with E-state index < -0.39 is 0 Å². The van der Waals surface area contributed by atoms with E-state index in [1.54, 1.807) is 12.4 Å². The Morgan fingerprint density at radius 2 is 1.90 bits per heavy atom. The van der Waals surface area contributed by atoms with E-state index in [2.05, 4.69) is 52.9 Å². The molecular formula is C26H35N3O2. The van der Waals surface area contributed by atoms with Gasteiger partial charge in [-0.2, -0.15) is 0 Å². The van der Waals surface area contributed by atoms with Crippen LogP contribution in [0.5, 0.6) is 5.75 Å². The first kappa shape index (κ1) is 21.8. The molecule has 2 aliphatic heterocycles. The minimum atomic E-state index is 0.236. The molecule has 3 heterocycles. The maximum absolute atomic E-state index is 12.9. The zero-order valence-electron chi connectivity index (χ0n) is 18.9. The summed E-state index contributed by atoms with van der Waals surface area (Å²) in [5.74, 6) is 1.77. The Bertz CT molecular complexity index is 870. The highest BCUT2D eigenvalue weighted by atomic mass is 16.5. The summed E-state index contributed by atoms with van der Waals surface area (Å²) in [6.07, 6.45) is 7.48. The molecule has 0 N–H and O–H groups in total. The number of benzene rings is 1. The average molecular weight is 422 g/mol. The van der Waals surface area contributed by atoms with Gasteiger partial charge in [0.1, 0.15) is 5.75 Å². The molecule has 1 atom stereocenters. The summed E-state index contributed by atoms with van der Waals surface area (Å²) in [6.45, 7) is 9.94. The van der Waals surface area contributed by atoms with Crippen LogP contribution in [0.2, 0.25) is 0 Å². The van der Waals surface area contributed by atoms with Crippen LogP contribution in [0.15, 0.2) is 48.8 Å². The molecular weight excluding hydrogens is 386 g/mol. The zero-order chi connectivity index (χ0) is 21.7. The summed E-state index contributed by atoms with van der Waals surface area (Å²) < 4.78 is 6.07. The number of piperidine rings is 1. The Balaban J connectivity index is 1.36. The van der Waals surface area contributed by atoms with Crippen LogP contribution in [-0.2, 0) is 17.8 Å². The van der Waals surface area contributed by atoms with Crippen molar-refractivity contribution in [3.63, 3.8) is 0 Å². The van der Waals surface area contributed by atoms with Crippen LogP contribution in [0.3, 0.4) is 0 Å². The van der Waals surface area contributed by atoms with Crippen molar-refractivity contribution in [3.05, 3.63) is 59.9 Å². The largest absolute Gasteiger partial charge is 0.493 e. The quantitative estimate of drug-likeness (QED) is 0.673. The number of carbonyl (C=O) groups excluding carboxylic acids is 1. The Morgan fingerprint density at radius 3 is 2.71 bits per heavy atom. The summed E-state index contributed by atoms with van der Waals surface area (Å²) in [5, 5.41) is 0. The summed E-state index contributed by atoms with van der Waals surface area (Å²) in [6, 6.07) is 12.3. The van der Waals surface area contributed by atoms with Gasteiger partial charge in [-0.1, -0.05) is 32.0 Å². The summed E-state index contributed by atoms with van der Waals surface area (Å²) in [5.41, 5.74) is 2.55. The van der Waals surface area contributed by atoms with Gasteiger partial charge in [0.25, 0.3) is 0 Å². The van der Waals surface area contributed by atoms with E-state index in [-0.39, 0.29) is 11.3 Å². The molecule has 1 spiro atoms. The molecule has 166 valence electrons. The monoisotopic (exact) mass is 421 g/mol. The fourth-order valence-corrected chi connectivity index (χ4v) is 4.98. The van der Waals surface area contributed by atoms with Crippen molar-refractivity contribution in [2.24, 2.45) is 11.3 Å². The van der Waals surface area contributed by atoms with Crippen molar-refractivity contribution in [2.45, 2.75) is 46.1 Å². The molecule has 2 fully saturated rings. The predicted molar refractivity (Wildman–Crippen MR) is 123 cm³/mol. The highest BCUT2D eigenvalue weighted by molar-refractivity contribution is 5.78. The fraction of sp³-hybridized carbons (Fsp3) is 0.538. The number of hydrogen-bond acceptors (Lipinski definition) is 4. The molecule has 1 aromatic carbocycles. The third-order valence-electron chi connectivity index (χ3n) is 6.57. The number of nitrogens with zero attached hydrogens (tertiary/aromatic N) is 3. The number of ether oxygens (including phenoxy) is 1. The van der Waals surface area contributed by atoms with Crippen molar-refractivity contribution in [1.82, 2.24) is 14.8 Å². The number of rotatable bonds is 7. The Hall–Kier alpha value is -2.40. The number of amides is 1. The summed E-state index contributed by atoms with van der Waals surface area (Å²) >= 11 is 0. The van der Waals surface area contributed by atoms with Gasteiger partial charge >= 0.3 is 0 Å². The molecule has 0 saturated carbocycles. The number of para-hydroxylation sites is 1. The van der Waals surface area contributed by atoms with Crippen LogP contribution in [0, 0.1) is 11.3 Å². The molecule has 1 amide bonds. The number of aromatic nitrogens is 1. The van der Waals surface area contributed by atoms with Crippen LogP contribution in [0.25, 0.3) is 0 Å². The van der Waals surface area contributed by atoms with Crippen molar-refractivity contribution in [3.8, 4) is 5.75 Å². The summed E-state index contributed by atoms with van der Waals surface area (Å²) in [7, 11) is 0. The SMILES string of the molecule is CC(C)COc1ccccc1CN1CCC2(CCCN(C(=O)Cc3ccncc3)C2)C1. The molecule has 5 nitrogen and oxygen atoms in total. The second kappa shape index (κ2) is 9.82. The standard InChI is InChI=1S/C26H35N3O2/c1-21(2)18-31-24-7-4-3-6-23(24)17-28-15-11-26(19-28)10-5-14-29(20-26)25(30)16-22-8-12-27-13-9-22/h3-4,6-9,12-13,21H,5,10-11,14-20H2,1-2H3.